The van der Waals surface area contributed by atoms with Crippen LogP contribution in [0.25, 0.3) is 0 Å². The molecule has 0 saturated heterocycles. The van der Waals surface area contributed by atoms with Crippen LogP contribution in [0.4, 0.5) is 0 Å². The Hall–Kier alpha value is 0.790. The third kappa shape index (κ3) is 64.9. The molecule has 4 nitrogen and oxygen atoms in total. The van der Waals surface area contributed by atoms with E-state index >= 15 is 0 Å². The largest absolute Gasteiger partial charge is 2.00 e. The monoisotopic (exact) mass is 234 g/mol. The first-order valence-electron chi connectivity index (χ1n) is 3.44. The van der Waals surface area contributed by atoms with Gasteiger partial charge in [0.05, 0.1) is 0 Å². The minimum absolute atomic E-state index is 0. The van der Waals surface area contributed by atoms with Crippen molar-refractivity contribution < 1.29 is 14.3 Å². The molecule has 0 spiro atoms. The summed E-state index contributed by atoms with van der Waals surface area (Å²) in [6.07, 6.45) is 0.763. The van der Waals surface area contributed by atoms with Crippen molar-refractivity contribution in [2.45, 2.75) is 20.3 Å². The molecule has 0 saturated carbocycles. The first kappa shape index (κ1) is 23.5. The van der Waals surface area contributed by atoms with E-state index in [0.717, 1.165) is 6.42 Å². The maximum atomic E-state index is 10.1. The van der Waals surface area contributed by atoms with Gasteiger partial charge in [0.1, 0.15) is 0 Å². The van der Waals surface area contributed by atoms with Gasteiger partial charge in [-0.15, -0.1) is 0 Å². The van der Waals surface area contributed by atoms with Crippen LogP contribution in [-0.4, -0.2) is 55.1 Å². The van der Waals surface area contributed by atoms with Crippen molar-refractivity contribution in [1.82, 2.24) is 5.32 Å². The van der Waals surface area contributed by atoms with Crippen LogP contribution in [0, 0.1) is 13.8 Å². The van der Waals surface area contributed by atoms with Crippen molar-refractivity contribution in [1.29, 1.82) is 0 Å². The van der Waals surface area contributed by atoms with E-state index in [4.69, 9.17) is 9.46 Å². The third-order valence-electron chi connectivity index (χ3n) is 0.551. The molecule has 1 atom stereocenters. The van der Waals surface area contributed by atoms with E-state index in [1.807, 2.05) is 0 Å². The van der Waals surface area contributed by atoms with E-state index in [1.54, 1.807) is 6.92 Å². The van der Waals surface area contributed by atoms with Crippen LogP contribution in [0.1, 0.15) is 20.3 Å². The van der Waals surface area contributed by atoms with Gasteiger partial charge in [-0.1, -0.05) is 0 Å². The van der Waals surface area contributed by atoms with Gasteiger partial charge >= 0.3 is 46.4 Å². The van der Waals surface area contributed by atoms with Gasteiger partial charge < -0.3 is 19.2 Å². The van der Waals surface area contributed by atoms with Crippen LogP contribution in [-0.2, 0) is 9.36 Å². The van der Waals surface area contributed by atoms with Gasteiger partial charge in [-0.2, -0.15) is 18.2 Å². The van der Waals surface area contributed by atoms with Crippen LogP contribution in [0.3, 0.4) is 0 Å². The van der Waals surface area contributed by atoms with Crippen LogP contribution in [0.2, 0.25) is 0 Å². The summed E-state index contributed by atoms with van der Waals surface area (Å²) in [6.45, 7) is 10.7. The predicted molar refractivity (Wildman–Crippen MR) is 56.7 cm³/mol. The average molecular weight is 234 g/mol. The molecular formula is C7H17CaNO3P+. The molecule has 1 amide bonds. The van der Waals surface area contributed by atoms with Crippen molar-refractivity contribution >= 4 is 52.3 Å². The molecule has 0 aromatic carbocycles. The average Bonchev–Trinajstić information content (AvgIpc) is 2.06. The van der Waals surface area contributed by atoms with E-state index in [-0.39, 0.29) is 43.6 Å². The smallest absolute Gasteiger partial charge is 0.359 e. The fourth-order valence-electron chi connectivity index (χ4n) is 0.264. The van der Waals surface area contributed by atoms with Crippen molar-refractivity contribution in [3.63, 3.8) is 0 Å². The number of nitrogens with one attached hydrogen (secondary N) is 1. The number of hydrogen-bond acceptors (Lipinski definition) is 2. The summed E-state index contributed by atoms with van der Waals surface area (Å²) < 4.78 is 8.51. The molecule has 0 aromatic heterocycles. The Bertz CT molecular complexity index is 104. The Balaban J connectivity index is -0.0000000581. The molecule has 0 aliphatic carbocycles. The van der Waals surface area contributed by atoms with E-state index in [0.29, 0.717) is 6.54 Å². The Kier molecular flexibility index (Phi) is 53.0. The predicted octanol–water partition coefficient (Wildman–Crippen LogP) is 0.724. The number of hydrogen-bond donors (Lipinski definition) is 2. The summed E-state index contributed by atoms with van der Waals surface area (Å²) in [4.78, 5) is 17.1. The fraction of sp³-hybridized carbons (Fsp3) is 0.571. The zero-order valence-corrected chi connectivity index (χ0v) is 11.5. The van der Waals surface area contributed by atoms with E-state index in [9.17, 15) is 4.79 Å². The standard InChI is InChI=1S/C5H10NO.C2H5.Ca.HO2P/c1-3-4-6-5(2)7;1-2;;1-3-2/h1,3-4H2,2H3,(H,6,7);1H2,2H3;;3H/q2*-1;+2;/p+1. The summed E-state index contributed by atoms with van der Waals surface area (Å²) >= 11 is 0. The van der Waals surface area contributed by atoms with Gasteiger partial charge in [-0.3, -0.25) is 4.79 Å². The van der Waals surface area contributed by atoms with E-state index < -0.39 is 8.69 Å². The van der Waals surface area contributed by atoms with Crippen LogP contribution in [0.15, 0.2) is 0 Å². The van der Waals surface area contributed by atoms with Gasteiger partial charge in [0.2, 0.25) is 5.91 Å². The molecular weight excluding hydrogens is 217 g/mol. The molecule has 0 bridgehead atoms. The Morgan fingerprint density at radius 1 is 1.54 bits per heavy atom. The molecule has 13 heavy (non-hydrogen) atoms. The van der Waals surface area contributed by atoms with Gasteiger partial charge in [-0.25, -0.2) is 0 Å². The summed E-state index contributed by atoms with van der Waals surface area (Å²) in [5.41, 5.74) is 0. The summed E-state index contributed by atoms with van der Waals surface area (Å²) in [5, 5.41) is 2.59. The van der Waals surface area contributed by atoms with Crippen molar-refractivity contribution in [3.8, 4) is 0 Å². The minimum Gasteiger partial charge on any atom is -0.359 e. The number of amides is 1. The number of carbonyl (C=O) groups is 1. The van der Waals surface area contributed by atoms with Crippen LogP contribution < -0.4 is 5.32 Å². The summed E-state index contributed by atoms with van der Waals surface area (Å²) in [6, 6.07) is 0. The van der Waals surface area contributed by atoms with Gasteiger partial charge in [0.25, 0.3) is 0 Å². The SMILES string of the molecule is O=[PH+]O.[CH2-]C.[CH2-]CCNC(C)=O.[Ca+2]. The van der Waals surface area contributed by atoms with Gasteiger partial charge in [-0.05, 0) is 11.1 Å². The topological polar surface area (TPSA) is 66.4 Å². The first-order chi connectivity index (χ1) is 5.68. The fourth-order valence-corrected chi connectivity index (χ4v) is 0.264. The molecule has 0 aromatic rings. The normalized spacial score (nSPS) is 6.54. The maximum Gasteiger partial charge on any atom is 2.00 e. The molecule has 0 aliphatic heterocycles. The van der Waals surface area contributed by atoms with E-state index in [1.165, 1.54) is 6.92 Å². The summed E-state index contributed by atoms with van der Waals surface area (Å²) in [7, 11) is -1.17. The van der Waals surface area contributed by atoms with Crippen LogP contribution >= 0.6 is 8.69 Å². The van der Waals surface area contributed by atoms with Gasteiger partial charge in [0.15, 0.2) is 0 Å². The molecule has 1 unspecified atom stereocenters. The number of rotatable bonds is 2. The van der Waals surface area contributed by atoms with E-state index in [2.05, 4.69) is 19.2 Å². The Morgan fingerprint density at radius 2 is 1.85 bits per heavy atom. The van der Waals surface area contributed by atoms with Crippen molar-refractivity contribution in [2.75, 3.05) is 6.54 Å². The first-order valence-corrected chi connectivity index (χ1v) is 4.30. The molecule has 0 radical (unpaired) electrons. The Labute approximate surface area is 112 Å². The zero-order valence-electron chi connectivity index (χ0n) is 8.30. The molecule has 2 N–H and O–H groups in total. The third-order valence-corrected chi connectivity index (χ3v) is 0.551. The molecule has 6 heteroatoms. The molecule has 0 heterocycles. The second-order valence-corrected chi connectivity index (χ2v) is 1.61. The molecule has 0 fully saturated rings. The second-order valence-electron chi connectivity index (χ2n) is 1.43. The number of carbonyl (C=O) groups excluding carboxylic acids is 1. The zero-order chi connectivity index (χ0) is 10.4. The quantitative estimate of drug-likeness (QED) is 0.420. The van der Waals surface area contributed by atoms with Crippen molar-refractivity contribution in [2.24, 2.45) is 0 Å². The molecule has 0 rings (SSSR count). The molecule has 0 aliphatic rings. The summed E-state index contributed by atoms with van der Waals surface area (Å²) in [5.74, 6) is 0.0173. The van der Waals surface area contributed by atoms with Crippen molar-refractivity contribution in [3.05, 3.63) is 13.8 Å². The Morgan fingerprint density at radius 3 is 1.92 bits per heavy atom. The molecule has 74 valence electrons. The second kappa shape index (κ2) is 29.3. The maximum absolute atomic E-state index is 10.1. The van der Waals surface area contributed by atoms with Gasteiger partial charge in [0, 0.05) is 6.92 Å². The van der Waals surface area contributed by atoms with Crippen LogP contribution in [0.5, 0.6) is 0 Å². The minimum atomic E-state index is -1.17.